The fourth-order valence-electron chi connectivity index (χ4n) is 2.67. The smallest absolute Gasteiger partial charge is 0.243 e. The molecule has 0 bridgehead atoms. The fraction of sp³-hybridized carbons (Fsp3) is 0.333. The van der Waals surface area contributed by atoms with Crippen LogP contribution < -0.4 is 10.1 Å². The van der Waals surface area contributed by atoms with E-state index in [1.54, 1.807) is 31.1 Å². The zero-order valence-corrected chi connectivity index (χ0v) is 16.7. The monoisotopic (exact) mass is 387 g/mol. The lowest BCUT2D eigenvalue weighted by Gasteiger charge is -2.22. The number of nitrogens with zero attached hydrogens (tertiary/aromatic N) is 2. The molecular weight excluding hydrogens is 361 g/mol. The van der Waals surface area contributed by atoms with Gasteiger partial charge < -0.3 is 15.0 Å². The van der Waals surface area contributed by atoms with Gasteiger partial charge in [-0.3, -0.25) is 14.5 Å². The zero-order chi connectivity index (χ0) is 20.7. The molecule has 150 valence electrons. The molecule has 28 heavy (non-hydrogen) atoms. The summed E-state index contributed by atoms with van der Waals surface area (Å²) in [7, 11) is 4.76. The maximum atomic E-state index is 13.8. The second-order valence-electron chi connectivity index (χ2n) is 6.81. The maximum absolute atomic E-state index is 13.8. The van der Waals surface area contributed by atoms with Crippen LogP contribution in [0.4, 0.5) is 10.1 Å². The van der Waals surface area contributed by atoms with Crippen LogP contribution in [0.25, 0.3) is 0 Å². The van der Waals surface area contributed by atoms with Crippen LogP contribution in [0, 0.1) is 12.7 Å². The van der Waals surface area contributed by atoms with Gasteiger partial charge in [0.05, 0.1) is 20.2 Å². The number of likely N-dealkylation sites (N-methyl/N-ethyl adjacent to an activating group) is 2. The van der Waals surface area contributed by atoms with Crippen LogP contribution in [0.1, 0.15) is 11.1 Å². The second kappa shape index (κ2) is 9.85. The molecule has 1 N–H and O–H groups in total. The van der Waals surface area contributed by atoms with E-state index in [0.29, 0.717) is 12.2 Å². The average molecular weight is 387 g/mol. The Kier molecular flexibility index (Phi) is 7.52. The number of methoxy groups -OCH3 is 1. The predicted octanol–water partition coefficient (Wildman–Crippen LogP) is 2.67. The van der Waals surface area contributed by atoms with Crippen molar-refractivity contribution in [3.05, 3.63) is 59.4 Å². The third kappa shape index (κ3) is 6.35. The average Bonchev–Trinajstić information content (AvgIpc) is 2.63. The summed E-state index contributed by atoms with van der Waals surface area (Å²) < 4.78 is 18.7. The third-order valence-corrected chi connectivity index (χ3v) is 4.22. The minimum absolute atomic E-state index is 0.0439. The lowest BCUT2D eigenvalue weighted by molar-refractivity contribution is -0.134. The molecule has 0 saturated carbocycles. The van der Waals surface area contributed by atoms with Crippen LogP contribution in [0.2, 0.25) is 0 Å². The minimum Gasteiger partial charge on any atom is -0.494 e. The lowest BCUT2D eigenvalue weighted by atomic mass is 10.2. The predicted molar refractivity (Wildman–Crippen MR) is 107 cm³/mol. The van der Waals surface area contributed by atoms with Crippen LogP contribution in [0.3, 0.4) is 0 Å². The summed E-state index contributed by atoms with van der Waals surface area (Å²) in [4.78, 5) is 27.6. The Labute approximate surface area is 164 Å². The molecule has 7 heteroatoms. The van der Waals surface area contributed by atoms with Crippen molar-refractivity contribution in [3.63, 3.8) is 0 Å². The summed E-state index contributed by atoms with van der Waals surface area (Å²) in [6, 6.07) is 12.1. The molecule has 0 aliphatic heterocycles. The number of rotatable bonds is 8. The summed E-state index contributed by atoms with van der Waals surface area (Å²) >= 11 is 0. The number of halogens is 1. The maximum Gasteiger partial charge on any atom is 0.243 e. The van der Waals surface area contributed by atoms with Crippen LogP contribution in [0.5, 0.6) is 5.75 Å². The van der Waals surface area contributed by atoms with Gasteiger partial charge in [0.15, 0.2) is 11.6 Å². The summed E-state index contributed by atoms with van der Waals surface area (Å²) in [6.45, 7) is 2.44. The van der Waals surface area contributed by atoms with Gasteiger partial charge in [-0.25, -0.2) is 4.39 Å². The number of hydrogen-bond donors (Lipinski definition) is 1. The molecule has 6 nitrogen and oxygen atoms in total. The Morgan fingerprint density at radius 2 is 1.75 bits per heavy atom. The van der Waals surface area contributed by atoms with Crippen molar-refractivity contribution in [2.24, 2.45) is 0 Å². The van der Waals surface area contributed by atoms with Gasteiger partial charge in [-0.15, -0.1) is 0 Å². The molecule has 0 aliphatic carbocycles. The Balaban J connectivity index is 1.82. The number of ether oxygens (including phenoxy) is 1. The van der Waals surface area contributed by atoms with E-state index in [2.05, 4.69) is 5.32 Å². The van der Waals surface area contributed by atoms with Gasteiger partial charge >= 0.3 is 0 Å². The molecule has 2 amide bonds. The summed E-state index contributed by atoms with van der Waals surface area (Å²) in [5, 5.41) is 2.77. The van der Waals surface area contributed by atoms with Gasteiger partial charge in [0, 0.05) is 19.3 Å². The number of carbonyl (C=O) groups is 2. The van der Waals surface area contributed by atoms with E-state index in [1.165, 1.54) is 18.1 Å². The highest BCUT2D eigenvalue weighted by Crippen LogP contribution is 2.18. The Bertz CT molecular complexity index is 824. The van der Waals surface area contributed by atoms with Gasteiger partial charge in [-0.05, 0) is 43.8 Å². The van der Waals surface area contributed by atoms with Crippen LogP contribution in [0.15, 0.2) is 42.5 Å². The molecule has 0 aliphatic rings. The molecule has 0 saturated heterocycles. The van der Waals surface area contributed by atoms with Crippen molar-refractivity contribution in [3.8, 4) is 5.75 Å². The van der Waals surface area contributed by atoms with Crippen LogP contribution in [-0.2, 0) is 16.1 Å². The summed E-state index contributed by atoms with van der Waals surface area (Å²) in [5.74, 6) is -0.721. The van der Waals surface area contributed by atoms with Gasteiger partial charge in [-0.1, -0.05) is 23.8 Å². The number of nitrogens with one attached hydrogen (secondary N) is 1. The molecule has 0 radical (unpaired) electrons. The van der Waals surface area contributed by atoms with Gasteiger partial charge in [0.25, 0.3) is 0 Å². The molecule has 2 aromatic carbocycles. The van der Waals surface area contributed by atoms with E-state index in [4.69, 9.17) is 4.74 Å². The lowest BCUT2D eigenvalue weighted by Crippen LogP contribution is -2.40. The van der Waals surface area contributed by atoms with Crippen molar-refractivity contribution < 1.29 is 18.7 Å². The van der Waals surface area contributed by atoms with Crippen molar-refractivity contribution in [1.82, 2.24) is 9.80 Å². The topological polar surface area (TPSA) is 61.9 Å². The molecule has 0 unspecified atom stereocenters. The number of aryl methyl sites for hydroxylation is 1. The van der Waals surface area contributed by atoms with E-state index in [9.17, 15) is 14.0 Å². The van der Waals surface area contributed by atoms with E-state index >= 15 is 0 Å². The zero-order valence-electron chi connectivity index (χ0n) is 16.7. The highest BCUT2D eigenvalue weighted by atomic mass is 19.1. The molecule has 0 atom stereocenters. The SMILES string of the molecule is COc1ccc(CN(C)CC(=O)N(C)CC(=O)Nc2ccc(C)cc2)cc1F. The molecule has 2 rings (SSSR count). The van der Waals surface area contributed by atoms with E-state index in [-0.39, 0.29) is 30.7 Å². The molecule has 0 heterocycles. The Morgan fingerprint density at radius 3 is 2.36 bits per heavy atom. The number of amides is 2. The first kappa shape index (κ1) is 21.4. The highest BCUT2D eigenvalue weighted by Gasteiger charge is 2.16. The Hall–Kier alpha value is -2.93. The van der Waals surface area contributed by atoms with Crippen molar-refractivity contribution >= 4 is 17.5 Å². The molecule has 0 fully saturated rings. The minimum atomic E-state index is -0.440. The number of anilines is 1. The third-order valence-electron chi connectivity index (χ3n) is 4.22. The first-order chi connectivity index (χ1) is 13.3. The molecular formula is C21H26FN3O3. The highest BCUT2D eigenvalue weighted by molar-refractivity contribution is 5.94. The van der Waals surface area contributed by atoms with Crippen molar-refractivity contribution in [1.29, 1.82) is 0 Å². The number of carbonyl (C=O) groups excluding carboxylic acids is 2. The molecule has 0 aromatic heterocycles. The van der Waals surface area contributed by atoms with Gasteiger partial charge in [0.1, 0.15) is 0 Å². The first-order valence-electron chi connectivity index (χ1n) is 8.90. The van der Waals surface area contributed by atoms with Crippen molar-refractivity contribution in [2.75, 3.05) is 39.6 Å². The fourth-order valence-corrected chi connectivity index (χ4v) is 2.67. The van der Waals surface area contributed by atoms with Crippen LogP contribution >= 0.6 is 0 Å². The Morgan fingerprint density at radius 1 is 1.07 bits per heavy atom. The van der Waals surface area contributed by atoms with E-state index in [0.717, 1.165) is 11.1 Å². The summed E-state index contributed by atoms with van der Waals surface area (Å²) in [6.07, 6.45) is 0. The second-order valence-corrected chi connectivity index (χ2v) is 6.81. The standard InChI is InChI=1S/C21H26FN3O3/c1-15-5-8-17(9-6-15)23-20(26)13-25(3)21(27)14-24(2)12-16-7-10-19(28-4)18(22)11-16/h5-11H,12-14H2,1-4H3,(H,23,26). The first-order valence-corrected chi connectivity index (χ1v) is 8.90. The van der Waals surface area contributed by atoms with Gasteiger partial charge in [-0.2, -0.15) is 0 Å². The quantitative estimate of drug-likeness (QED) is 0.757. The number of hydrogen-bond acceptors (Lipinski definition) is 4. The van der Waals surface area contributed by atoms with Crippen molar-refractivity contribution in [2.45, 2.75) is 13.5 Å². The molecule has 0 spiro atoms. The van der Waals surface area contributed by atoms with E-state index in [1.807, 2.05) is 31.2 Å². The number of benzene rings is 2. The van der Waals surface area contributed by atoms with Crippen LogP contribution in [-0.4, -0.2) is 55.9 Å². The largest absolute Gasteiger partial charge is 0.494 e. The van der Waals surface area contributed by atoms with Gasteiger partial charge in [0.2, 0.25) is 11.8 Å². The van der Waals surface area contributed by atoms with E-state index < -0.39 is 5.82 Å². The summed E-state index contributed by atoms with van der Waals surface area (Å²) in [5.41, 5.74) is 2.52. The molecule has 2 aromatic rings. The normalized spacial score (nSPS) is 10.6.